The maximum absolute atomic E-state index is 12.9. The lowest BCUT2D eigenvalue weighted by molar-refractivity contribution is 0.718. The predicted octanol–water partition coefficient (Wildman–Crippen LogP) is 3.59. The molecular formula is C17H18N4OS. The summed E-state index contributed by atoms with van der Waals surface area (Å²) in [4.78, 5) is 26.5. The Labute approximate surface area is 138 Å². The SMILES string of the molecule is CCCCc1ccc2nc(-c3nccs3)c(=O)n(C3CC3)c2n1. The third-order valence-electron chi connectivity index (χ3n) is 4.13. The van der Waals surface area contributed by atoms with Crippen LogP contribution in [0.15, 0.2) is 28.5 Å². The summed E-state index contributed by atoms with van der Waals surface area (Å²) in [5.41, 5.74) is 2.93. The molecule has 0 saturated heterocycles. The number of pyridine rings is 1. The first kappa shape index (κ1) is 14.5. The van der Waals surface area contributed by atoms with Crippen molar-refractivity contribution in [1.29, 1.82) is 0 Å². The van der Waals surface area contributed by atoms with E-state index in [9.17, 15) is 4.79 Å². The van der Waals surface area contributed by atoms with Gasteiger partial charge >= 0.3 is 0 Å². The fourth-order valence-corrected chi connectivity index (χ4v) is 3.39. The number of aromatic nitrogens is 4. The third kappa shape index (κ3) is 2.67. The molecule has 1 saturated carbocycles. The molecule has 3 aromatic rings. The molecule has 5 nitrogen and oxygen atoms in total. The second-order valence-electron chi connectivity index (χ2n) is 5.95. The molecule has 0 aliphatic heterocycles. The number of nitrogens with zero attached hydrogens (tertiary/aromatic N) is 4. The van der Waals surface area contributed by atoms with Gasteiger partial charge in [-0.25, -0.2) is 15.0 Å². The van der Waals surface area contributed by atoms with E-state index < -0.39 is 0 Å². The second kappa shape index (κ2) is 5.85. The van der Waals surface area contributed by atoms with Gasteiger partial charge in [0.15, 0.2) is 11.3 Å². The van der Waals surface area contributed by atoms with Crippen molar-refractivity contribution in [3.8, 4) is 10.7 Å². The smallest absolute Gasteiger partial charge is 0.281 e. The van der Waals surface area contributed by atoms with Gasteiger partial charge in [0.25, 0.3) is 5.56 Å². The van der Waals surface area contributed by atoms with Crippen molar-refractivity contribution in [2.75, 3.05) is 0 Å². The van der Waals surface area contributed by atoms with Gasteiger partial charge in [-0.2, -0.15) is 0 Å². The maximum atomic E-state index is 12.9. The summed E-state index contributed by atoms with van der Waals surface area (Å²) < 4.78 is 1.84. The van der Waals surface area contributed by atoms with Crippen LogP contribution in [0.5, 0.6) is 0 Å². The normalized spacial score (nSPS) is 14.5. The van der Waals surface area contributed by atoms with E-state index in [4.69, 9.17) is 4.98 Å². The van der Waals surface area contributed by atoms with Crippen molar-refractivity contribution in [3.05, 3.63) is 39.8 Å². The average Bonchev–Trinajstić information content (AvgIpc) is 3.25. The number of aryl methyl sites for hydroxylation is 1. The first-order valence-corrected chi connectivity index (χ1v) is 8.98. The highest BCUT2D eigenvalue weighted by atomic mass is 32.1. The summed E-state index contributed by atoms with van der Waals surface area (Å²) >= 11 is 1.45. The number of hydrogen-bond acceptors (Lipinski definition) is 5. The van der Waals surface area contributed by atoms with Gasteiger partial charge in [-0.15, -0.1) is 11.3 Å². The van der Waals surface area contributed by atoms with E-state index in [-0.39, 0.29) is 11.6 Å². The van der Waals surface area contributed by atoms with Gasteiger partial charge in [0.2, 0.25) is 0 Å². The minimum absolute atomic E-state index is 0.0601. The minimum atomic E-state index is -0.0601. The van der Waals surface area contributed by atoms with Crippen molar-refractivity contribution >= 4 is 22.5 Å². The van der Waals surface area contributed by atoms with Gasteiger partial charge < -0.3 is 0 Å². The third-order valence-corrected chi connectivity index (χ3v) is 4.91. The van der Waals surface area contributed by atoms with Crippen LogP contribution in [0, 0.1) is 0 Å². The Morgan fingerprint density at radius 1 is 1.30 bits per heavy atom. The molecule has 0 atom stereocenters. The van der Waals surface area contributed by atoms with Crippen molar-refractivity contribution in [2.24, 2.45) is 0 Å². The van der Waals surface area contributed by atoms with Crippen LogP contribution in [0.4, 0.5) is 0 Å². The summed E-state index contributed by atoms with van der Waals surface area (Å²) in [5, 5.41) is 2.55. The van der Waals surface area contributed by atoms with Crippen LogP contribution >= 0.6 is 11.3 Å². The Bertz CT molecular complexity index is 897. The highest BCUT2D eigenvalue weighted by Crippen LogP contribution is 2.36. The van der Waals surface area contributed by atoms with Gasteiger partial charge in [0.05, 0.1) is 0 Å². The highest BCUT2D eigenvalue weighted by molar-refractivity contribution is 7.13. The van der Waals surface area contributed by atoms with E-state index in [0.717, 1.165) is 49.0 Å². The molecule has 1 aliphatic carbocycles. The molecular weight excluding hydrogens is 308 g/mol. The molecule has 1 fully saturated rings. The number of fused-ring (bicyclic) bond motifs is 1. The minimum Gasteiger partial charge on any atom is -0.286 e. The summed E-state index contributed by atoms with van der Waals surface area (Å²) in [7, 11) is 0. The molecule has 4 rings (SSSR count). The van der Waals surface area contributed by atoms with Crippen molar-refractivity contribution in [3.63, 3.8) is 0 Å². The zero-order valence-corrected chi connectivity index (χ0v) is 13.8. The summed E-state index contributed by atoms with van der Waals surface area (Å²) in [5.74, 6) is 0. The van der Waals surface area contributed by atoms with Crippen LogP contribution in [-0.4, -0.2) is 19.5 Å². The van der Waals surface area contributed by atoms with E-state index in [2.05, 4.69) is 16.9 Å². The van der Waals surface area contributed by atoms with Crippen LogP contribution < -0.4 is 5.56 Å². The first-order chi connectivity index (χ1) is 11.3. The van der Waals surface area contributed by atoms with E-state index >= 15 is 0 Å². The molecule has 0 amide bonds. The van der Waals surface area contributed by atoms with Gasteiger partial charge in [-0.05, 0) is 37.8 Å². The van der Waals surface area contributed by atoms with Gasteiger partial charge in [-0.3, -0.25) is 9.36 Å². The molecule has 1 aliphatic rings. The van der Waals surface area contributed by atoms with Gasteiger partial charge in [-0.1, -0.05) is 13.3 Å². The lowest BCUT2D eigenvalue weighted by atomic mass is 10.2. The zero-order chi connectivity index (χ0) is 15.8. The quantitative estimate of drug-likeness (QED) is 0.719. The summed E-state index contributed by atoms with van der Waals surface area (Å²) in [6.45, 7) is 2.17. The van der Waals surface area contributed by atoms with E-state index in [0.29, 0.717) is 10.7 Å². The van der Waals surface area contributed by atoms with Crippen LogP contribution in [0.25, 0.3) is 21.9 Å². The van der Waals surface area contributed by atoms with Gasteiger partial charge in [0.1, 0.15) is 10.5 Å². The Morgan fingerprint density at radius 3 is 2.87 bits per heavy atom. The molecule has 6 heteroatoms. The molecule has 0 N–H and O–H groups in total. The van der Waals surface area contributed by atoms with Crippen LogP contribution in [0.3, 0.4) is 0 Å². The summed E-state index contributed by atoms with van der Waals surface area (Å²) in [6, 6.07) is 4.28. The zero-order valence-electron chi connectivity index (χ0n) is 13.0. The fraction of sp³-hybridized carbons (Fsp3) is 0.412. The number of rotatable bonds is 5. The Hall–Kier alpha value is -2.08. The van der Waals surface area contributed by atoms with E-state index in [1.165, 1.54) is 11.3 Å². The van der Waals surface area contributed by atoms with Crippen LogP contribution in [0.2, 0.25) is 0 Å². The summed E-state index contributed by atoms with van der Waals surface area (Å²) in [6.07, 6.45) is 6.97. The highest BCUT2D eigenvalue weighted by Gasteiger charge is 2.29. The Balaban J connectivity index is 1.92. The molecule has 3 heterocycles. The topological polar surface area (TPSA) is 60.7 Å². The monoisotopic (exact) mass is 326 g/mol. The molecule has 0 radical (unpaired) electrons. The largest absolute Gasteiger partial charge is 0.286 e. The average molecular weight is 326 g/mol. The Kier molecular flexibility index (Phi) is 3.69. The van der Waals surface area contributed by atoms with E-state index in [1.54, 1.807) is 6.20 Å². The Morgan fingerprint density at radius 2 is 2.17 bits per heavy atom. The van der Waals surface area contributed by atoms with E-state index in [1.807, 2.05) is 22.1 Å². The molecule has 0 aromatic carbocycles. The number of unbranched alkanes of at least 4 members (excludes halogenated alkanes) is 1. The fourth-order valence-electron chi connectivity index (χ4n) is 2.77. The maximum Gasteiger partial charge on any atom is 0.281 e. The van der Waals surface area contributed by atoms with Crippen LogP contribution in [-0.2, 0) is 6.42 Å². The van der Waals surface area contributed by atoms with Gasteiger partial charge in [0, 0.05) is 23.3 Å². The molecule has 118 valence electrons. The predicted molar refractivity (Wildman–Crippen MR) is 91.8 cm³/mol. The standard InChI is InChI=1S/C17H18N4OS/c1-2-3-4-11-5-8-13-15(19-11)21(12-6-7-12)17(22)14(20-13)16-18-9-10-23-16/h5,8-10,12H,2-4,6-7H2,1H3. The first-order valence-electron chi connectivity index (χ1n) is 8.10. The number of hydrogen-bond donors (Lipinski definition) is 0. The molecule has 23 heavy (non-hydrogen) atoms. The molecule has 0 spiro atoms. The lowest BCUT2D eigenvalue weighted by Crippen LogP contribution is -2.23. The van der Waals surface area contributed by atoms with Crippen LogP contribution in [0.1, 0.15) is 44.3 Å². The van der Waals surface area contributed by atoms with Crippen molar-refractivity contribution < 1.29 is 0 Å². The van der Waals surface area contributed by atoms with Crippen molar-refractivity contribution in [2.45, 2.75) is 45.1 Å². The van der Waals surface area contributed by atoms with Crippen molar-refractivity contribution in [1.82, 2.24) is 19.5 Å². The molecule has 0 unspecified atom stereocenters. The second-order valence-corrected chi connectivity index (χ2v) is 6.85. The molecule has 0 bridgehead atoms. The lowest BCUT2D eigenvalue weighted by Gasteiger charge is -2.11. The number of thiazole rings is 1. The molecule has 3 aromatic heterocycles.